The third-order valence-corrected chi connectivity index (χ3v) is 2.51. The Labute approximate surface area is 89.9 Å². The smallest absolute Gasteiger partial charge is 0.137 e. The molecule has 0 saturated heterocycles. The molecule has 0 spiro atoms. The summed E-state index contributed by atoms with van der Waals surface area (Å²) in [5.74, 6) is 0.839. The fraction of sp³-hybridized carbons (Fsp3) is 0.600. The number of hydrogen-bond donors (Lipinski definition) is 1. The van der Waals surface area contributed by atoms with Crippen molar-refractivity contribution < 1.29 is 0 Å². The van der Waals surface area contributed by atoms with Gasteiger partial charge in [0.25, 0.3) is 0 Å². The Hall–Kier alpha value is -0.830. The second-order valence-corrected chi connectivity index (χ2v) is 3.83. The monoisotopic (exact) mass is 213 g/mol. The van der Waals surface area contributed by atoms with Gasteiger partial charge >= 0.3 is 0 Å². The first-order chi connectivity index (χ1) is 6.65. The van der Waals surface area contributed by atoms with E-state index in [-0.39, 0.29) is 0 Å². The average Bonchev–Trinajstić information content (AvgIpc) is 2.13. The second-order valence-electron chi connectivity index (χ2n) is 3.47. The maximum Gasteiger partial charge on any atom is 0.137 e. The molecular weight excluding hydrogens is 198 g/mol. The van der Waals surface area contributed by atoms with Gasteiger partial charge in [-0.1, -0.05) is 24.9 Å². The van der Waals surface area contributed by atoms with Gasteiger partial charge in [-0.25, -0.2) is 9.97 Å². The van der Waals surface area contributed by atoms with Gasteiger partial charge in [-0.05, 0) is 20.3 Å². The van der Waals surface area contributed by atoms with E-state index in [1.165, 1.54) is 6.33 Å². The van der Waals surface area contributed by atoms with E-state index < -0.39 is 0 Å². The molecule has 0 aromatic carbocycles. The average molecular weight is 214 g/mol. The quantitative estimate of drug-likeness (QED) is 0.782. The van der Waals surface area contributed by atoms with Gasteiger partial charge in [-0.2, -0.15) is 0 Å². The highest BCUT2D eigenvalue weighted by Gasteiger charge is 2.07. The first-order valence-corrected chi connectivity index (χ1v) is 5.26. The molecule has 0 amide bonds. The van der Waals surface area contributed by atoms with E-state index in [0.29, 0.717) is 11.2 Å². The zero-order valence-corrected chi connectivity index (χ0v) is 9.60. The third-order valence-electron chi connectivity index (χ3n) is 2.13. The van der Waals surface area contributed by atoms with E-state index in [4.69, 9.17) is 11.6 Å². The topological polar surface area (TPSA) is 37.8 Å². The van der Waals surface area contributed by atoms with Crippen LogP contribution in [0.15, 0.2) is 6.33 Å². The van der Waals surface area contributed by atoms with Crippen molar-refractivity contribution >= 4 is 17.4 Å². The molecule has 0 radical (unpaired) electrons. The lowest BCUT2D eigenvalue weighted by Crippen LogP contribution is -2.16. The summed E-state index contributed by atoms with van der Waals surface area (Å²) >= 11 is 5.88. The van der Waals surface area contributed by atoms with Crippen LogP contribution in [0.1, 0.15) is 32.3 Å². The SMILES string of the molecule is CCCC(C)Nc1ncnc(Cl)c1C. The molecule has 3 nitrogen and oxygen atoms in total. The highest BCUT2D eigenvalue weighted by Crippen LogP contribution is 2.19. The van der Waals surface area contributed by atoms with Crippen LogP contribution in [0, 0.1) is 6.92 Å². The fourth-order valence-electron chi connectivity index (χ4n) is 1.31. The van der Waals surface area contributed by atoms with Crippen LogP contribution in [-0.4, -0.2) is 16.0 Å². The van der Waals surface area contributed by atoms with E-state index in [9.17, 15) is 0 Å². The number of rotatable bonds is 4. The Kier molecular flexibility index (Phi) is 4.14. The van der Waals surface area contributed by atoms with Gasteiger partial charge in [0.1, 0.15) is 17.3 Å². The van der Waals surface area contributed by atoms with Crippen molar-refractivity contribution in [3.05, 3.63) is 17.0 Å². The Bertz CT molecular complexity index is 301. The Morgan fingerprint density at radius 1 is 1.50 bits per heavy atom. The van der Waals surface area contributed by atoms with Crippen molar-refractivity contribution in [2.75, 3.05) is 5.32 Å². The highest BCUT2D eigenvalue weighted by molar-refractivity contribution is 6.30. The summed E-state index contributed by atoms with van der Waals surface area (Å²) in [6.45, 7) is 6.22. The van der Waals surface area contributed by atoms with Crippen LogP contribution in [0.25, 0.3) is 0 Å². The summed E-state index contributed by atoms with van der Waals surface area (Å²) in [5, 5.41) is 3.84. The Balaban J connectivity index is 2.71. The lowest BCUT2D eigenvalue weighted by atomic mass is 10.2. The van der Waals surface area contributed by atoms with Gasteiger partial charge in [0, 0.05) is 11.6 Å². The largest absolute Gasteiger partial charge is 0.367 e. The molecular formula is C10H16ClN3. The number of anilines is 1. The molecule has 0 fully saturated rings. The van der Waals surface area contributed by atoms with Gasteiger partial charge in [0.05, 0.1) is 0 Å². The minimum absolute atomic E-state index is 0.421. The normalized spacial score (nSPS) is 12.6. The molecule has 78 valence electrons. The van der Waals surface area contributed by atoms with Crippen LogP contribution in [0.4, 0.5) is 5.82 Å². The molecule has 1 N–H and O–H groups in total. The Morgan fingerprint density at radius 2 is 2.21 bits per heavy atom. The molecule has 1 atom stereocenters. The van der Waals surface area contributed by atoms with Crippen LogP contribution in [0.5, 0.6) is 0 Å². The molecule has 1 aromatic heterocycles. The maximum atomic E-state index is 5.88. The van der Waals surface area contributed by atoms with Crippen molar-refractivity contribution in [3.8, 4) is 0 Å². The number of aromatic nitrogens is 2. The molecule has 1 unspecified atom stereocenters. The first-order valence-electron chi connectivity index (χ1n) is 4.88. The van der Waals surface area contributed by atoms with Crippen LogP contribution in [0.2, 0.25) is 5.15 Å². The van der Waals surface area contributed by atoms with E-state index in [1.54, 1.807) is 0 Å². The minimum Gasteiger partial charge on any atom is -0.367 e. The molecule has 0 aliphatic heterocycles. The van der Waals surface area contributed by atoms with Crippen molar-refractivity contribution in [3.63, 3.8) is 0 Å². The predicted octanol–water partition coefficient (Wildman–Crippen LogP) is 3.04. The first kappa shape index (κ1) is 11.2. The molecule has 4 heteroatoms. The minimum atomic E-state index is 0.421. The van der Waals surface area contributed by atoms with Gasteiger partial charge < -0.3 is 5.32 Å². The molecule has 1 rings (SSSR count). The standard InChI is InChI=1S/C10H16ClN3/c1-4-5-7(2)14-10-8(3)9(11)12-6-13-10/h6-7H,4-5H2,1-3H3,(H,12,13,14). The second kappa shape index (κ2) is 5.15. The van der Waals surface area contributed by atoms with Crippen LogP contribution in [-0.2, 0) is 0 Å². The van der Waals surface area contributed by atoms with Crippen LogP contribution in [0.3, 0.4) is 0 Å². The molecule has 1 aromatic rings. The van der Waals surface area contributed by atoms with Crippen molar-refractivity contribution in [2.24, 2.45) is 0 Å². The molecule has 1 heterocycles. The van der Waals surface area contributed by atoms with Gasteiger partial charge in [-0.3, -0.25) is 0 Å². The van der Waals surface area contributed by atoms with Gasteiger partial charge in [-0.15, -0.1) is 0 Å². The zero-order chi connectivity index (χ0) is 10.6. The molecule has 0 aliphatic carbocycles. The van der Waals surface area contributed by atoms with Gasteiger partial charge in [0.15, 0.2) is 0 Å². The van der Waals surface area contributed by atoms with E-state index in [2.05, 4.69) is 29.1 Å². The number of nitrogens with zero attached hydrogens (tertiary/aromatic N) is 2. The van der Waals surface area contributed by atoms with E-state index in [0.717, 1.165) is 24.2 Å². The van der Waals surface area contributed by atoms with E-state index >= 15 is 0 Å². The predicted molar refractivity (Wildman–Crippen MR) is 59.8 cm³/mol. The lowest BCUT2D eigenvalue weighted by Gasteiger charge is -2.15. The summed E-state index contributed by atoms with van der Waals surface area (Å²) < 4.78 is 0. The molecule has 0 saturated carbocycles. The number of halogens is 1. The number of nitrogens with one attached hydrogen (secondary N) is 1. The fourth-order valence-corrected chi connectivity index (χ4v) is 1.45. The van der Waals surface area contributed by atoms with Crippen LogP contribution < -0.4 is 5.32 Å². The molecule has 0 aliphatic rings. The Morgan fingerprint density at radius 3 is 2.86 bits per heavy atom. The summed E-state index contributed by atoms with van der Waals surface area (Å²) in [4.78, 5) is 8.06. The van der Waals surface area contributed by atoms with Crippen molar-refractivity contribution in [2.45, 2.75) is 39.7 Å². The summed E-state index contributed by atoms with van der Waals surface area (Å²) in [6, 6.07) is 0.421. The third kappa shape index (κ3) is 2.84. The highest BCUT2D eigenvalue weighted by atomic mass is 35.5. The summed E-state index contributed by atoms with van der Waals surface area (Å²) in [6.07, 6.45) is 3.77. The molecule has 14 heavy (non-hydrogen) atoms. The molecule has 0 bridgehead atoms. The lowest BCUT2D eigenvalue weighted by molar-refractivity contribution is 0.686. The summed E-state index contributed by atoms with van der Waals surface area (Å²) in [7, 11) is 0. The van der Waals surface area contributed by atoms with Gasteiger partial charge in [0.2, 0.25) is 0 Å². The van der Waals surface area contributed by atoms with E-state index in [1.807, 2.05) is 6.92 Å². The van der Waals surface area contributed by atoms with Crippen molar-refractivity contribution in [1.29, 1.82) is 0 Å². The number of hydrogen-bond acceptors (Lipinski definition) is 3. The maximum absolute atomic E-state index is 5.88. The van der Waals surface area contributed by atoms with Crippen LogP contribution >= 0.6 is 11.6 Å². The zero-order valence-electron chi connectivity index (χ0n) is 8.84. The summed E-state index contributed by atoms with van der Waals surface area (Å²) in [5.41, 5.74) is 0.914. The van der Waals surface area contributed by atoms with Crippen molar-refractivity contribution in [1.82, 2.24) is 9.97 Å².